The summed E-state index contributed by atoms with van der Waals surface area (Å²) in [6.07, 6.45) is 4.26. The van der Waals surface area contributed by atoms with E-state index in [4.69, 9.17) is 0 Å². The number of rotatable bonds is 2. The molecule has 132 valence electrons. The highest BCUT2D eigenvalue weighted by Gasteiger charge is 2.45. The molecule has 0 amide bonds. The molecule has 4 nitrogen and oxygen atoms in total. The van der Waals surface area contributed by atoms with Gasteiger partial charge in [-0.1, -0.05) is 23.8 Å². The van der Waals surface area contributed by atoms with Crippen molar-refractivity contribution in [3.05, 3.63) is 34.9 Å². The van der Waals surface area contributed by atoms with Crippen molar-refractivity contribution in [2.24, 2.45) is 5.92 Å². The summed E-state index contributed by atoms with van der Waals surface area (Å²) in [5.74, 6) is 0.726. The zero-order chi connectivity index (χ0) is 16.9. The number of hydrogen-bond acceptors (Lipinski definition) is 3. The zero-order valence-electron chi connectivity index (χ0n) is 14.7. The van der Waals surface area contributed by atoms with Gasteiger partial charge in [-0.15, -0.1) is 0 Å². The van der Waals surface area contributed by atoms with Crippen LogP contribution in [0.4, 0.5) is 0 Å². The maximum atomic E-state index is 12.6. The fourth-order valence-electron chi connectivity index (χ4n) is 5.05. The maximum Gasteiger partial charge on any atom is 0.214 e. The molecule has 1 aromatic carbocycles. The Labute approximate surface area is 145 Å². The maximum absolute atomic E-state index is 12.6. The second-order valence-corrected chi connectivity index (χ2v) is 9.89. The summed E-state index contributed by atoms with van der Waals surface area (Å²) in [5.41, 5.74) is 4.23. The Kier molecular flexibility index (Phi) is 4.22. The molecular formula is C19H28N2O2S. The van der Waals surface area contributed by atoms with Gasteiger partial charge < -0.3 is 0 Å². The minimum Gasteiger partial charge on any atom is -0.296 e. The Balaban J connectivity index is 1.67. The Morgan fingerprint density at radius 3 is 2.88 bits per heavy atom. The van der Waals surface area contributed by atoms with Gasteiger partial charge in [0.1, 0.15) is 0 Å². The average molecular weight is 349 g/mol. The minimum absolute atomic E-state index is 0.192. The summed E-state index contributed by atoms with van der Waals surface area (Å²) in [4.78, 5) is 2.61. The third-order valence-electron chi connectivity index (χ3n) is 6.29. The molecule has 3 aliphatic rings. The second kappa shape index (κ2) is 6.11. The van der Waals surface area contributed by atoms with Gasteiger partial charge in [0, 0.05) is 31.7 Å². The van der Waals surface area contributed by atoms with Crippen molar-refractivity contribution in [3.63, 3.8) is 0 Å². The minimum atomic E-state index is -3.10. The van der Waals surface area contributed by atoms with Crippen molar-refractivity contribution in [1.82, 2.24) is 9.21 Å². The zero-order valence-corrected chi connectivity index (χ0v) is 15.6. The summed E-state index contributed by atoms with van der Waals surface area (Å²) in [7, 11) is -3.10. The molecule has 1 aromatic rings. The first kappa shape index (κ1) is 16.6. The van der Waals surface area contributed by atoms with Crippen molar-refractivity contribution >= 4 is 10.0 Å². The molecule has 0 bridgehead atoms. The van der Waals surface area contributed by atoms with Gasteiger partial charge in [0.25, 0.3) is 0 Å². The topological polar surface area (TPSA) is 40.6 Å². The Bertz CT molecular complexity index is 731. The number of fused-ring (bicyclic) bond motifs is 4. The molecule has 2 fully saturated rings. The van der Waals surface area contributed by atoms with E-state index in [1.165, 1.54) is 23.1 Å². The highest BCUT2D eigenvalue weighted by molar-refractivity contribution is 7.89. The number of nitrogens with zero attached hydrogens (tertiary/aromatic N) is 2. The van der Waals surface area contributed by atoms with E-state index in [1.807, 2.05) is 4.31 Å². The molecule has 4 rings (SSSR count). The van der Waals surface area contributed by atoms with Crippen LogP contribution in [0, 0.1) is 12.8 Å². The molecular weight excluding hydrogens is 320 g/mol. The average Bonchev–Trinajstić information content (AvgIpc) is 2.59. The molecule has 3 unspecified atom stereocenters. The van der Waals surface area contributed by atoms with E-state index in [1.54, 1.807) is 6.92 Å². The van der Waals surface area contributed by atoms with Gasteiger partial charge in [-0.05, 0) is 56.6 Å². The van der Waals surface area contributed by atoms with E-state index in [2.05, 4.69) is 30.0 Å². The highest BCUT2D eigenvalue weighted by atomic mass is 32.2. The Morgan fingerprint density at radius 1 is 1.25 bits per heavy atom. The largest absolute Gasteiger partial charge is 0.296 e. The molecule has 2 saturated heterocycles. The molecule has 24 heavy (non-hydrogen) atoms. The third-order valence-corrected chi connectivity index (χ3v) is 8.19. The van der Waals surface area contributed by atoms with Crippen LogP contribution in [-0.4, -0.2) is 49.1 Å². The van der Waals surface area contributed by atoms with Gasteiger partial charge >= 0.3 is 0 Å². The summed E-state index contributed by atoms with van der Waals surface area (Å²) >= 11 is 0. The van der Waals surface area contributed by atoms with Gasteiger partial charge in [0.05, 0.1) is 5.75 Å². The number of sulfonamides is 1. The van der Waals surface area contributed by atoms with Crippen molar-refractivity contribution in [1.29, 1.82) is 0 Å². The molecule has 5 heteroatoms. The van der Waals surface area contributed by atoms with Crippen LogP contribution in [0.5, 0.6) is 0 Å². The Morgan fingerprint density at radius 2 is 2.08 bits per heavy atom. The van der Waals surface area contributed by atoms with Crippen molar-refractivity contribution in [2.45, 2.75) is 51.6 Å². The lowest BCUT2D eigenvalue weighted by atomic mass is 9.77. The predicted octanol–water partition coefficient (Wildman–Crippen LogP) is 2.73. The third kappa shape index (κ3) is 2.71. The fraction of sp³-hybridized carbons (Fsp3) is 0.684. The van der Waals surface area contributed by atoms with Crippen LogP contribution in [0.3, 0.4) is 0 Å². The molecule has 0 aliphatic carbocycles. The SMILES string of the molecule is CCS(=O)(=O)N1CCCC2CN3CCc4cc(C)ccc4C3CC21. The number of benzene rings is 1. The lowest BCUT2D eigenvalue weighted by Gasteiger charge is -2.51. The molecule has 0 spiro atoms. The molecule has 0 saturated carbocycles. The fourth-order valence-corrected chi connectivity index (χ4v) is 6.46. The van der Waals surface area contributed by atoms with Crippen LogP contribution < -0.4 is 0 Å². The van der Waals surface area contributed by atoms with E-state index < -0.39 is 10.0 Å². The second-order valence-electron chi connectivity index (χ2n) is 7.68. The standard InChI is InChI=1S/C19H28N2O2S/c1-3-24(22,23)21-9-4-5-16-13-20-10-8-15-11-14(2)6-7-17(15)19(20)12-18(16)21/h6-7,11,16,18-19H,3-5,8-10,12-13H2,1-2H3. The first-order valence-corrected chi connectivity index (χ1v) is 10.9. The molecule has 0 radical (unpaired) electrons. The van der Waals surface area contributed by atoms with Gasteiger partial charge in [0.15, 0.2) is 0 Å². The van der Waals surface area contributed by atoms with Crippen LogP contribution in [-0.2, 0) is 16.4 Å². The summed E-state index contributed by atoms with van der Waals surface area (Å²) in [6.45, 7) is 6.81. The van der Waals surface area contributed by atoms with Gasteiger partial charge in [-0.2, -0.15) is 4.31 Å². The molecule has 3 atom stereocenters. The molecule has 3 heterocycles. The first-order valence-electron chi connectivity index (χ1n) is 9.32. The molecule has 0 N–H and O–H groups in total. The van der Waals surface area contributed by atoms with Crippen LogP contribution in [0.1, 0.15) is 48.9 Å². The van der Waals surface area contributed by atoms with Crippen molar-refractivity contribution < 1.29 is 8.42 Å². The predicted molar refractivity (Wildman–Crippen MR) is 96.5 cm³/mol. The van der Waals surface area contributed by atoms with Gasteiger partial charge in [-0.25, -0.2) is 8.42 Å². The van der Waals surface area contributed by atoms with Gasteiger partial charge in [0.2, 0.25) is 10.0 Å². The van der Waals surface area contributed by atoms with E-state index in [0.29, 0.717) is 18.5 Å². The van der Waals surface area contributed by atoms with Gasteiger partial charge in [-0.3, -0.25) is 4.90 Å². The summed E-state index contributed by atoms with van der Waals surface area (Å²) in [5, 5.41) is 0. The van der Waals surface area contributed by atoms with E-state index >= 15 is 0 Å². The summed E-state index contributed by atoms with van der Waals surface area (Å²) < 4.78 is 27.0. The Hall–Kier alpha value is -0.910. The van der Waals surface area contributed by atoms with Crippen molar-refractivity contribution in [3.8, 4) is 0 Å². The van der Waals surface area contributed by atoms with Crippen LogP contribution >= 0.6 is 0 Å². The molecule has 3 aliphatic heterocycles. The highest BCUT2D eigenvalue weighted by Crippen LogP contribution is 2.43. The quantitative estimate of drug-likeness (QED) is 0.825. The first-order chi connectivity index (χ1) is 11.5. The number of piperidine rings is 2. The lowest BCUT2D eigenvalue weighted by Crippen LogP contribution is -2.57. The monoisotopic (exact) mass is 348 g/mol. The number of hydrogen-bond donors (Lipinski definition) is 0. The normalized spacial score (nSPS) is 31.2. The van der Waals surface area contributed by atoms with E-state index in [9.17, 15) is 8.42 Å². The van der Waals surface area contributed by atoms with E-state index in [-0.39, 0.29) is 11.8 Å². The smallest absolute Gasteiger partial charge is 0.214 e. The van der Waals surface area contributed by atoms with Crippen LogP contribution in [0.25, 0.3) is 0 Å². The molecule has 0 aromatic heterocycles. The van der Waals surface area contributed by atoms with E-state index in [0.717, 1.165) is 32.4 Å². The van der Waals surface area contributed by atoms with Crippen molar-refractivity contribution in [2.75, 3.05) is 25.4 Å². The number of aryl methyl sites for hydroxylation is 1. The lowest BCUT2D eigenvalue weighted by molar-refractivity contribution is 0.0220. The van der Waals surface area contributed by atoms with Crippen LogP contribution in [0.15, 0.2) is 18.2 Å². The van der Waals surface area contributed by atoms with Crippen LogP contribution in [0.2, 0.25) is 0 Å². The summed E-state index contributed by atoms with van der Waals surface area (Å²) in [6, 6.07) is 7.39.